The second-order valence-electron chi connectivity index (χ2n) is 4.83. The number of carbonyl (C=O) groups is 2. The van der Waals surface area contributed by atoms with Crippen molar-refractivity contribution in [2.75, 3.05) is 26.4 Å². The van der Waals surface area contributed by atoms with Crippen molar-refractivity contribution < 1.29 is 19.1 Å². The van der Waals surface area contributed by atoms with E-state index in [1.807, 2.05) is 11.1 Å². The number of nitrogens with zero attached hydrogens (tertiary/aromatic N) is 2. The van der Waals surface area contributed by atoms with Crippen LogP contribution in [0.2, 0.25) is 0 Å². The van der Waals surface area contributed by atoms with E-state index in [4.69, 9.17) is 9.47 Å². The van der Waals surface area contributed by atoms with E-state index in [0.717, 1.165) is 0 Å². The van der Waals surface area contributed by atoms with Crippen molar-refractivity contribution in [3.63, 3.8) is 0 Å². The minimum absolute atomic E-state index is 0. The Kier molecular flexibility index (Phi) is 7.87. The zero-order chi connectivity index (χ0) is 15.9. The molecule has 0 radical (unpaired) electrons. The molecule has 0 saturated carbocycles. The topological polar surface area (TPSA) is 59.1 Å². The van der Waals surface area contributed by atoms with Gasteiger partial charge in [0, 0.05) is 19.3 Å². The molecule has 6 nitrogen and oxygen atoms in total. The number of hydrogen-bond donors (Lipinski definition) is 0. The lowest BCUT2D eigenvalue weighted by Gasteiger charge is -2.19. The van der Waals surface area contributed by atoms with Crippen molar-refractivity contribution in [3.05, 3.63) is 42.2 Å². The number of benzene rings is 1. The van der Waals surface area contributed by atoms with Crippen LogP contribution in [0.5, 0.6) is 5.75 Å². The first kappa shape index (κ1) is 19.3. The summed E-state index contributed by atoms with van der Waals surface area (Å²) in [4.78, 5) is 26.3. The minimum Gasteiger partial charge on any atom is -0.492 e. The third kappa shape index (κ3) is 5.74. The van der Waals surface area contributed by atoms with Gasteiger partial charge in [-0.1, -0.05) is 0 Å². The molecule has 0 bridgehead atoms. The highest BCUT2D eigenvalue weighted by atomic mass is 127. The van der Waals surface area contributed by atoms with Crippen LogP contribution in [-0.4, -0.2) is 48.1 Å². The summed E-state index contributed by atoms with van der Waals surface area (Å²) in [5.74, 6) is 0.384. The summed E-state index contributed by atoms with van der Waals surface area (Å²) in [7, 11) is 0. The Balaban J connectivity index is 0.00000264. The molecule has 0 atom stereocenters. The highest BCUT2D eigenvalue weighted by Gasteiger charge is 2.14. The monoisotopic (exact) mass is 432 g/mol. The van der Waals surface area contributed by atoms with Crippen molar-refractivity contribution >= 4 is 35.9 Å². The van der Waals surface area contributed by atoms with Gasteiger partial charge in [0.25, 0.3) is 0 Å². The van der Waals surface area contributed by atoms with Crippen LogP contribution >= 0.6 is 24.0 Å². The number of amides is 1. The Hall–Kier alpha value is -1.77. The quantitative estimate of drug-likeness (QED) is 0.511. The zero-order valence-corrected chi connectivity index (χ0v) is 15.6. The summed E-state index contributed by atoms with van der Waals surface area (Å²) in [5, 5.41) is 0. The molecule has 7 heteroatoms. The van der Waals surface area contributed by atoms with Gasteiger partial charge in [0.15, 0.2) is 0 Å². The normalized spacial score (nSPS) is 12.8. The number of rotatable bonds is 6. The molecule has 0 spiro atoms. The molecule has 1 aromatic carbocycles. The predicted octanol–water partition coefficient (Wildman–Crippen LogP) is 2.45. The van der Waals surface area contributed by atoms with Crippen LogP contribution in [0.1, 0.15) is 24.2 Å². The largest absolute Gasteiger partial charge is 0.492 e. The fourth-order valence-corrected chi connectivity index (χ4v) is 2.00. The van der Waals surface area contributed by atoms with Crippen LogP contribution in [0.25, 0.3) is 0 Å². The third-order valence-electron chi connectivity index (χ3n) is 3.21. The van der Waals surface area contributed by atoms with Crippen molar-refractivity contribution in [1.29, 1.82) is 0 Å². The van der Waals surface area contributed by atoms with Crippen LogP contribution in [0, 0.1) is 0 Å². The van der Waals surface area contributed by atoms with Crippen LogP contribution in [0.4, 0.5) is 0 Å². The molecule has 126 valence electrons. The van der Waals surface area contributed by atoms with E-state index >= 15 is 0 Å². The predicted molar refractivity (Wildman–Crippen MR) is 96.5 cm³/mol. The van der Waals surface area contributed by atoms with Gasteiger partial charge in [-0.15, -0.1) is 24.0 Å². The summed E-state index contributed by atoms with van der Waals surface area (Å²) in [6, 6.07) is 6.85. The molecule has 1 aliphatic heterocycles. The van der Waals surface area contributed by atoms with E-state index in [0.29, 0.717) is 37.7 Å². The number of carbonyl (C=O) groups excluding carboxylic acids is 2. The van der Waals surface area contributed by atoms with E-state index in [9.17, 15) is 9.59 Å². The molecule has 0 fully saturated rings. The summed E-state index contributed by atoms with van der Waals surface area (Å²) in [6.07, 6.45) is 3.63. The lowest BCUT2D eigenvalue weighted by atomic mass is 10.2. The van der Waals surface area contributed by atoms with Crippen molar-refractivity contribution in [1.82, 2.24) is 9.80 Å². The summed E-state index contributed by atoms with van der Waals surface area (Å²) in [5.41, 5.74) is 0.508. The van der Waals surface area contributed by atoms with E-state index in [1.54, 1.807) is 42.3 Å². The average Bonchev–Trinajstić information content (AvgIpc) is 2.97. The molecular formula is C16H21IN2O4. The Bertz CT molecular complexity index is 560. The smallest absolute Gasteiger partial charge is 0.338 e. The number of esters is 1. The van der Waals surface area contributed by atoms with Crippen LogP contribution < -0.4 is 4.74 Å². The van der Waals surface area contributed by atoms with Gasteiger partial charge in [-0.05, 0) is 31.2 Å². The van der Waals surface area contributed by atoms with Gasteiger partial charge >= 0.3 is 5.97 Å². The maximum absolute atomic E-state index is 11.5. The van der Waals surface area contributed by atoms with Gasteiger partial charge in [0.05, 0.1) is 25.4 Å². The molecule has 1 aliphatic rings. The van der Waals surface area contributed by atoms with E-state index in [1.165, 1.54) is 6.92 Å². The maximum Gasteiger partial charge on any atom is 0.338 e. The van der Waals surface area contributed by atoms with Crippen LogP contribution in [0.15, 0.2) is 36.7 Å². The SMILES string of the molecule is CCOC(=O)c1ccc(OCCN2C=CN(C(C)=O)C2)cc1.I. The number of halogens is 1. The molecule has 0 N–H and O–H groups in total. The molecular weight excluding hydrogens is 411 g/mol. The highest BCUT2D eigenvalue weighted by Crippen LogP contribution is 2.13. The first-order valence-electron chi connectivity index (χ1n) is 7.19. The van der Waals surface area contributed by atoms with Gasteiger partial charge in [-0.2, -0.15) is 0 Å². The van der Waals surface area contributed by atoms with Gasteiger partial charge in [-0.3, -0.25) is 9.69 Å². The standard InChI is InChI=1S/C16H20N2O4.HI/c1-3-21-16(20)14-4-6-15(7-5-14)22-11-10-17-8-9-18(12-17)13(2)19;/h4-9H,3,10-12H2,1-2H3;1H. The molecule has 23 heavy (non-hydrogen) atoms. The molecule has 0 saturated heterocycles. The van der Waals surface area contributed by atoms with E-state index in [-0.39, 0.29) is 35.9 Å². The van der Waals surface area contributed by atoms with Crippen molar-refractivity contribution in [2.24, 2.45) is 0 Å². The molecule has 1 amide bonds. The van der Waals surface area contributed by atoms with Gasteiger partial charge in [0.2, 0.25) is 5.91 Å². The molecule has 2 rings (SSSR count). The molecule has 1 heterocycles. The van der Waals surface area contributed by atoms with E-state index < -0.39 is 0 Å². The van der Waals surface area contributed by atoms with Crippen molar-refractivity contribution in [2.45, 2.75) is 13.8 Å². The first-order valence-corrected chi connectivity index (χ1v) is 7.19. The molecule has 1 aromatic rings. The molecule has 0 aliphatic carbocycles. The lowest BCUT2D eigenvalue weighted by molar-refractivity contribution is -0.126. The Morgan fingerprint density at radius 1 is 1.17 bits per heavy atom. The third-order valence-corrected chi connectivity index (χ3v) is 3.21. The average molecular weight is 432 g/mol. The summed E-state index contributed by atoms with van der Waals surface area (Å²) in [6.45, 7) is 5.40. The van der Waals surface area contributed by atoms with Gasteiger partial charge in [0.1, 0.15) is 12.4 Å². The maximum atomic E-state index is 11.5. The highest BCUT2D eigenvalue weighted by molar-refractivity contribution is 14.0. The lowest BCUT2D eigenvalue weighted by Crippen LogP contribution is -2.30. The summed E-state index contributed by atoms with van der Waals surface area (Å²) < 4.78 is 10.5. The van der Waals surface area contributed by atoms with E-state index in [2.05, 4.69) is 0 Å². The van der Waals surface area contributed by atoms with Crippen molar-refractivity contribution in [3.8, 4) is 5.75 Å². The fourth-order valence-electron chi connectivity index (χ4n) is 2.00. The first-order chi connectivity index (χ1) is 10.6. The van der Waals surface area contributed by atoms with Crippen LogP contribution in [0.3, 0.4) is 0 Å². The second-order valence-corrected chi connectivity index (χ2v) is 4.83. The summed E-state index contributed by atoms with van der Waals surface area (Å²) >= 11 is 0. The van der Waals surface area contributed by atoms with Gasteiger partial charge in [-0.25, -0.2) is 4.79 Å². The Morgan fingerprint density at radius 3 is 2.43 bits per heavy atom. The number of hydrogen-bond acceptors (Lipinski definition) is 5. The molecule has 0 unspecified atom stereocenters. The van der Waals surface area contributed by atoms with Crippen LogP contribution in [-0.2, 0) is 9.53 Å². The fraction of sp³-hybridized carbons (Fsp3) is 0.375. The minimum atomic E-state index is -0.333. The molecule has 0 aromatic heterocycles. The number of ether oxygens (including phenoxy) is 2. The second kappa shape index (κ2) is 9.39. The zero-order valence-electron chi connectivity index (χ0n) is 13.2. The van der Waals surface area contributed by atoms with Gasteiger partial charge < -0.3 is 14.4 Å². The Labute approximate surface area is 153 Å². The Morgan fingerprint density at radius 2 is 1.87 bits per heavy atom.